The Morgan fingerprint density at radius 1 is 1.29 bits per heavy atom. The van der Waals surface area contributed by atoms with E-state index in [1.54, 1.807) is 22.2 Å². The van der Waals surface area contributed by atoms with Gasteiger partial charge in [-0.05, 0) is 50.3 Å². The van der Waals surface area contributed by atoms with Crippen molar-refractivity contribution in [1.82, 2.24) is 14.7 Å². The summed E-state index contributed by atoms with van der Waals surface area (Å²) in [5.74, 6) is 2.08. The molecule has 0 fully saturated rings. The maximum absolute atomic E-state index is 13.5. The molecule has 5 rings (SSSR count). The van der Waals surface area contributed by atoms with Crippen LogP contribution in [0.3, 0.4) is 0 Å². The molecule has 0 N–H and O–H groups in total. The minimum absolute atomic E-state index is 0.0250. The molecule has 6 nitrogen and oxygen atoms in total. The van der Waals surface area contributed by atoms with E-state index in [1.807, 2.05) is 25.1 Å². The third-order valence-corrected chi connectivity index (χ3v) is 7.14. The van der Waals surface area contributed by atoms with E-state index in [-0.39, 0.29) is 5.56 Å². The molecule has 0 atom stereocenters. The van der Waals surface area contributed by atoms with Gasteiger partial charge in [0.05, 0.1) is 29.6 Å². The number of thiophene rings is 1. The van der Waals surface area contributed by atoms with Gasteiger partial charge in [0.15, 0.2) is 5.16 Å². The predicted octanol–water partition coefficient (Wildman–Crippen LogP) is 4.57. The zero-order valence-corrected chi connectivity index (χ0v) is 17.1. The molecule has 0 aliphatic heterocycles. The summed E-state index contributed by atoms with van der Waals surface area (Å²) in [6.07, 6.45) is 5.97. The number of furan rings is 1. The number of hydrogen-bond acceptors (Lipinski definition) is 7. The second-order valence-corrected chi connectivity index (χ2v) is 9.01. The lowest BCUT2D eigenvalue weighted by atomic mass is 9.97. The summed E-state index contributed by atoms with van der Waals surface area (Å²) in [5.41, 5.74) is 2.08. The fourth-order valence-corrected chi connectivity index (χ4v) is 5.82. The van der Waals surface area contributed by atoms with Gasteiger partial charge in [0.1, 0.15) is 16.4 Å². The van der Waals surface area contributed by atoms with Crippen molar-refractivity contribution in [3.63, 3.8) is 0 Å². The molecule has 4 aromatic heterocycles. The van der Waals surface area contributed by atoms with Gasteiger partial charge in [-0.25, -0.2) is 4.98 Å². The molecule has 0 aromatic carbocycles. The lowest BCUT2D eigenvalue weighted by Crippen LogP contribution is -2.24. The smallest absolute Gasteiger partial charge is 0.263 e. The first-order valence-electron chi connectivity index (χ1n) is 9.31. The van der Waals surface area contributed by atoms with E-state index in [1.165, 1.54) is 28.6 Å². The molecule has 4 aromatic rings. The lowest BCUT2D eigenvalue weighted by molar-refractivity contribution is 0.391. The van der Waals surface area contributed by atoms with Crippen LogP contribution >= 0.6 is 23.1 Å². The fourth-order valence-electron chi connectivity index (χ4n) is 3.65. The monoisotopic (exact) mass is 413 g/mol. The molecule has 1 aliphatic rings. The Bertz CT molecular complexity index is 1190. The van der Waals surface area contributed by atoms with Gasteiger partial charge in [-0.15, -0.1) is 11.3 Å². The van der Waals surface area contributed by atoms with E-state index in [0.29, 0.717) is 17.5 Å². The summed E-state index contributed by atoms with van der Waals surface area (Å²) < 4.78 is 12.5. The highest BCUT2D eigenvalue weighted by atomic mass is 32.2. The van der Waals surface area contributed by atoms with Crippen LogP contribution in [0.25, 0.3) is 10.2 Å². The van der Waals surface area contributed by atoms with Gasteiger partial charge in [0.25, 0.3) is 5.56 Å². The van der Waals surface area contributed by atoms with Crippen LogP contribution in [0, 0.1) is 6.92 Å². The second-order valence-electron chi connectivity index (χ2n) is 6.98. The summed E-state index contributed by atoms with van der Waals surface area (Å²) in [5, 5.41) is 5.41. The third-order valence-electron chi connectivity index (χ3n) is 4.95. The Balaban J connectivity index is 1.60. The Morgan fingerprint density at radius 3 is 2.96 bits per heavy atom. The van der Waals surface area contributed by atoms with Crippen LogP contribution in [0.4, 0.5) is 0 Å². The molecule has 0 amide bonds. The number of aromatic nitrogens is 3. The zero-order valence-electron chi connectivity index (χ0n) is 15.4. The quantitative estimate of drug-likeness (QED) is 0.353. The standard InChI is InChI=1S/C20H19N3O3S2/c1-12-9-14(26-22-12)11-27-20-21-18-17(15-6-2-3-7-16(15)28-18)19(24)23(20)10-13-5-4-8-25-13/h4-5,8-9H,2-3,6-7,10-11H2,1H3. The van der Waals surface area contributed by atoms with Gasteiger partial charge < -0.3 is 8.94 Å². The largest absolute Gasteiger partial charge is 0.467 e. The van der Waals surface area contributed by atoms with Gasteiger partial charge in [-0.2, -0.15) is 0 Å². The van der Waals surface area contributed by atoms with Gasteiger partial charge in [-0.1, -0.05) is 16.9 Å². The van der Waals surface area contributed by atoms with Gasteiger partial charge in [0, 0.05) is 10.9 Å². The molecule has 0 radical (unpaired) electrons. The van der Waals surface area contributed by atoms with Crippen molar-refractivity contribution in [3.05, 3.63) is 62.5 Å². The van der Waals surface area contributed by atoms with Crippen LogP contribution < -0.4 is 5.56 Å². The van der Waals surface area contributed by atoms with Crippen molar-refractivity contribution in [2.75, 3.05) is 0 Å². The molecule has 0 saturated heterocycles. The minimum atomic E-state index is 0.0250. The van der Waals surface area contributed by atoms with E-state index in [9.17, 15) is 4.79 Å². The second kappa shape index (κ2) is 7.25. The Kier molecular flexibility index (Phi) is 4.60. The maximum Gasteiger partial charge on any atom is 0.263 e. The average Bonchev–Trinajstić information content (AvgIpc) is 3.42. The van der Waals surface area contributed by atoms with Crippen LogP contribution in [0.5, 0.6) is 0 Å². The van der Waals surface area contributed by atoms with E-state index in [4.69, 9.17) is 13.9 Å². The van der Waals surface area contributed by atoms with Crippen molar-refractivity contribution in [1.29, 1.82) is 0 Å². The first-order chi connectivity index (χ1) is 13.7. The number of aryl methyl sites for hydroxylation is 3. The van der Waals surface area contributed by atoms with E-state index in [0.717, 1.165) is 46.7 Å². The summed E-state index contributed by atoms with van der Waals surface area (Å²) in [4.78, 5) is 20.5. The minimum Gasteiger partial charge on any atom is -0.467 e. The third kappa shape index (κ3) is 3.20. The predicted molar refractivity (Wildman–Crippen MR) is 109 cm³/mol. The molecule has 144 valence electrons. The van der Waals surface area contributed by atoms with Crippen molar-refractivity contribution in [3.8, 4) is 0 Å². The van der Waals surface area contributed by atoms with Crippen LogP contribution in [0.15, 0.2) is 43.4 Å². The SMILES string of the molecule is Cc1cc(CSc2nc3sc4c(c3c(=O)n2Cc2ccco2)CCCC4)on1. The topological polar surface area (TPSA) is 74.1 Å². The highest BCUT2D eigenvalue weighted by Gasteiger charge is 2.23. The summed E-state index contributed by atoms with van der Waals surface area (Å²) in [7, 11) is 0. The molecule has 0 saturated carbocycles. The number of thioether (sulfide) groups is 1. The van der Waals surface area contributed by atoms with Gasteiger partial charge >= 0.3 is 0 Å². The van der Waals surface area contributed by atoms with Gasteiger partial charge in [-0.3, -0.25) is 9.36 Å². The molecule has 28 heavy (non-hydrogen) atoms. The number of fused-ring (bicyclic) bond motifs is 3. The van der Waals surface area contributed by atoms with Crippen LogP contribution in [0.1, 0.15) is 40.5 Å². The number of nitrogens with zero attached hydrogens (tertiary/aromatic N) is 3. The van der Waals surface area contributed by atoms with Gasteiger partial charge in [0.2, 0.25) is 0 Å². The molecule has 8 heteroatoms. The molecule has 0 bridgehead atoms. The van der Waals surface area contributed by atoms with Crippen molar-refractivity contribution in [2.24, 2.45) is 0 Å². The normalized spacial score (nSPS) is 13.9. The van der Waals surface area contributed by atoms with Crippen LogP contribution in [-0.4, -0.2) is 14.7 Å². The van der Waals surface area contributed by atoms with Crippen LogP contribution in [0.2, 0.25) is 0 Å². The summed E-state index contributed by atoms with van der Waals surface area (Å²) in [6.45, 7) is 2.27. The van der Waals surface area contributed by atoms with Crippen molar-refractivity contribution >= 4 is 33.3 Å². The highest BCUT2D eigenvalue weighted by molar-refractivity contribution is 7.98. The van der Waals surface area contributed by atoms with Crippen molar-refractivity contribution < 1.29 is 8.94 Å². The van der Waals surface area contributed by atoms with E-state index < -0.39 is 0 Å². The first-order valence-corrected chi connectivity index (χ1v) is 11.1. The molecule has 0 spiro atoms. The highest BCUT2D eigenvalue weighted by Crippen LogP contribution is 2.35. The fraction of sp³-hybridized carbons (Fsp3) is 0.350. The maximum atomic E-state index is 13.5. The molecule has 4 heterocycles. The average molecular weight is 414 g/mol. The van der Waals surface area contributed by atoms with Crippen molar-refractivity contribution in [2.45, 2.75) is 50.1 Å². The summed E-state index contributed by atoms with van der Waals surface area (Å²) in [6, 6.07) is 5.63. The number of rotatable bonds is 5. The lowest BCUT2D eigenvalue weighted by Gasteiger charge is -2.12. The number of hydrogen-bond donors (Lipinski definition) is 0. The van der Waals surface area contributed by atoms with E-state index >= 15 is 0 Å². The Hall–Kier alpha value is -2.32. The molecule has 0 unspecified atom stereocenters. The zero-order chi connectivity index (χ0) is 19.1. The first kappa shape index (κ1) is 17.8. The van der Waals surface area contributed by atoms with E-state index in [2.05, 4.69) is 5.16 Å². The molecular weight excluding hydrogens is 394 g/mol. The van der Waals surface area contributed by atoms with Crippen LogP contribution in [-0.2, 0) is 25.1 Å². The molecule has 1 aliphatic carbocycles. The molecular formula is C20H19N3O3S2. The Morgan fingerprint density at radius 2 is 2.18 bits per heavy atom. The summed E-state index contributed by atoms with van der Waals surface area (Å²) >= 11 is 3.17. The Labute approximate surface area is 169 Å².